The molecule has 0 unspecified atom stereocenters. The minimum absolute atomic E-state index is 0.534. The van der Waals surface area contributed by atoms with Crippen LogP contribution in [0.3, 0.4) is 0 Å². The van der Waals surface area contributed by atoms with Gasteiger partial charge in [-0.1, -0.05) is 44.4 Å². The minimum Gasteiger partial charge on any atom is -0.398 e. The molecule has 0 amide bonds. The van der Waals surface area contributed by atoms with E-state index in [0.717, 1.165) is 24.7 Å². The minimum atomic E-state index is 0.534. The number of nitrogen functional groups attached to an aromatic ring is 1. The maximum Gasteiger partial charge on any atom is 0.0359 e. The summed E-state index contributed by atoms with van der Waals surface area (Å²) in [6, 6.07) is 6.30. The van der Waals surface area contributed by atoms with Gasteiger partial charge in [-0.05, 0) is 49.1 Å². The summed E-state index contributed by atoms with van der Waals surface area (Å²) in [5, 5.41) is 3.68. The van der Waals surface area contributed by atoms with Crippen molar-refractivity contribution in [1.82, 2.24) is 5.32 Å². The van der Waals surface area contributed by atoms with Crippen molar-refractivity contribution in [2.75, 3.05) is 12.3 Å². The maximum absolute atomic E-state index is 6.06. The van der Waals surface area contributed by atoms with Crippen LogP contribution in [0.25, 0.3) is 0 Å². The predicted molar refractivity (Wildman–Crippen MR) is 87.7 cm³/mol. The van der Waals surface area contributed by atoms with E-state index in [1.165, 1.54) is 43.2 Å². The van der Waals surface area contributed by atoms with Gasteiger partial charge in [-0.3, -0.25) is 0 Å². The van der Waals surface area contributed by atoms with Crippen LogP contribution in [-0.4, -0.2) is 6.54 Å². The van der Waals surface area contributed by atoms with Gasteiger partial charge in [0.25, 0.3) is 0 Å². The van der Waals surface area contributed by atoms with Gasteiger partial charge in [-0.2, -0.15) is 0 Å². The lowest BCUT2D eigenvalue weighted by Gasteiger charge is -2.31. The van der Waals surface area contributed by atoms with Gasteiger partial charge in [0, 0.05) is 18.8 Å². The van der Waals surface area contributed by atoms with E-state index in [9.17, 15) is 0 Å². The average molecular weight is 274 g/mol. The van der Waals surface area contributed by atoms with E-state index in [1.807, 2.05) is 6.07 Å². The molecule has 0 bridgehead atoms. The molecule has 20 heavy (non-hydrogen) atoms. The molecule has 2 rings (SSSR count). The van der Waals surface area contributed by atoms with Crippen molar-refractivity contribution in [1.29, 1.82) is 0 Å². The summed E-state index contributed by atoms with van der Waals surface area (Å²) in [4.78, 5) is 0. The molecule has 1 aliphatic rings. The number of nitrogens with two attached hydrogens (primary N) is 1. The van der Waals surface area contributed by atoms with Gasteiger partial charge >= 0.3 is 0 Å². The monoisotopic (exact) mass is 274 g/mol. The van der Waals surface area contributed by atoms with Crippen molar-refractivity contribution in [3.8, 4) is 0 Å². The molecule has 3 N–H and O–H groups in total. The van der Waals surface area contributed by atoms with Crippen LogP contribution in [0, 0.1) is 18.3 Å². The standard InChI is InChI=1S/C18H30N2/c1-14(2)11-18(8-4-5-9-18)13-20-12-16-10-15(3)6-7-17(16)19/h6-7,10,14,20H,4-5,8-9,11-13,19H2,1-3H3. The number of hydrogen-bond donors (Lipinski definition) is 2. The fourth-order valence-electron chi connectivity index (χ4n) is 3.79. The van der Waals surface area contributed by atoms with E-state index in [-0.39, 0.29) is 0 Å². The number of aryl methyl sites for hydroxylation is 1. The topological polar surface area (TPSA) is 38.0 Å². The Kier molecular flexibility index (Phi) is 5.09. The van der Waals surface area contributed by atoms with Crippen molar-refractivity contribution in [2.24, 2.45) is 11.3 Å². The Hall–Kier alpha value is -1.02. The Morgan fingerprint density at radius 3 is 2.60 bits per heavy atom. The fraction of sp³-hybridized carbons (Fsp3) is 0.667. The first-order chi connectivity index (χ1) is 9.51. The zero-order valence-corrected chi connectivity index (χ0v) is 13.3. The van der Waals surface area contributed by atoms with Gasteiger partial charge in [0.15, 0.2) is 0 Å². The van der Waals surface area contributed by atoms with Crippen LogP contribution in [0.4, 0.5) is 5.69 Å². The summed E-state index contributed by atoms with van der Waals surface area (Å²) in [6.45, 7) is 8.85. The summed E-state index contributed by atoms with van der Waals surface area (Å²) >= 11 is 0. The zero-order chi connectivity index (χ0) is 14.6. The molecule has 0 saturated heterocycles. The first-order valence-electron chi connectivity index (χ1n) is 8.06. The van der Waals surface area contributed by atoms with E-state index in [4.69, 9.17) is 5.73 Å². The highest BCUT2D eigenvalue weighted by Crippen LogP contribution is 2.42. The number of hydrogen-bond acceptors (Lipinski definition) is 2. The summed E-state index contributed by atoms with van der Waals surface area (Å²) in [7, 11) is 0. The van der Waals surface area contributed by atoms with Gasteiger partial charge in [0.2, 0.25) is 0 Å². The Morgan fingerprint density at radius 2 is 1.95 bits per heavy atom. The van der Waals surface area contributed by atoms with Gasteiger partial charge in [-0.15, -0.1) is 0 Å². The average Bonchev–Trinajstić information content (AvgIpc) is 2.81. The molecule has 0 atom stereocenters. The van der Waals surface area contributed by atoms with Crippen LogP contribution in [0.15, 0.2) is 18.2 Å². The van der Waals surface area contributed by atoms with Gasteiger partial charge in [-0.25, -0.2) is 0 Å². The van der Waals surface area contributed by atoms with E-state index in [0.29, 0.717) is 5.41 Å². The highest BCUT2D eigenvalue weighted by atomic mass is 14.9. The first-order valence-corrected chi connectivity index (χ1v) is 8.06. The Balaban J connectivity index is 1.91. The highest BCUT2D eigenvalue weighted by Gasteiger charge is 2.33. The zero-order valence-electron chi connectivity index (χ0n) is 13.3. The molecule has 0 aliphatic heterocycles. The van der Waals surface area contributed by atoms with Crippen LogP contribution < -0.4 is 11.1 Å². The van der Waals surface area contributed by atoms with Gasteiger partial charge in [0.1, 0.15) is 0 Å². The molecule has 0 heterocycles. The molecule has 2 heteroatoms. The number of nitrogens with one attached hydrogen (secondary N) is 1. The molecular weight excluding hydrogens is 244 g/mol. The van der Waals surface area contributed by atoms with E-state index in [2.05, 4.69) is 38.2 Å². The number of anilines is 1. The molecule has 2 nitrogen and oxygen atoms in total. The van der Waals surface area contributed by atoms with E-state index >= 15 is 0 Å². The predicted octanol–water partition coefficient (Wildman–Crippen LogP) is 4.27. The molecule has 1 fully saturated rings. The fourth-order valence-corrected chi connectivity index (χ4v) is 3.79. The largest absolute Gasteiger partial charge is 0.398 e. The Morgan fingerprint density at radius 1 is 1.25 bits per heavy atom. The summed E-state index contributed by atoms with van der Waals surface area (Å²) < 4.78 is 0. The normalized spacial score (nSPS) is 17.8. The third-order valence-corrected chi connectivity index (χ3v) is 4.62. The lowest BCUT2D eigenvalue weighted by Crippen LogP contribution is -2.33. The van der Waals surface area contributed by atoms with E-state index < -0.39 is 0 Å². The van der Waals surface area contributed by atoms with Crippen molar-refractivity contribution in [3.05, 3.63) is 29.3 Å². The second kappa shape index (κ2) is 6.62. The quantitative estimate of drug-likeness (QED) is 0.760. The van der Waals surface area contributed by atoms with Crippen LogP contribution in [0.2, 0.25) is 0 Å². The highest BCUT2D eigenvalue weighted by molar-refractivity contribution is 5.48. The second-order valence-corrected chi connectivity index (χ2v) is 7.11. The molecule has 0 spiro atoms. The molecule has 1 aromatic carbocycles. The summed E-state index contributed by atoms with van der Waals surface area (Å²) in [5.41, 5.74) is 10.0. The second-order valence-electron chi connectivity index (χ2n) is 7.11. The summed E-state index contributed by atoms with van der Waals surface area (Å²) in [6.07, 6.45) is 6.94. The molecule has 1 saturated carbocycles. The maximum atomic E-state index is 6.06. The lowest BCUT2D eigenvalue weighted by molar-refractivity contribution is 0.223. The van der Waals surface area contributed by atoms with Crippen LogP contribution in [0.5, 0.6) is 0 Å². The van der Waals surface area contributed by atoms with Crippen molar-refractivity contribution < 1.29 is 0 Å². The van der Waals surface area contributed by atoms with Crippen molar-refractivity contribution in [2.45, 2.75) is 59.4 Å². The first kappa shape index (κ1) is 15.4. The lowest BCUT2D eigenvalue weighted by atomic mass is 9.78. The van der Waals surface area contributed by atoms with Gasteiger partial charge in [0.05, 0.1) is 0 Å². The Labute approximate surface area is 124 Å². The molecule has 1 aromatic rings. The van der Waals surface area contributed by atoms with Crippen molar-refractivity contribution >= 4 is 5.69 Å². The molecule has 0 aromatic heterocycles. The van der Waals surface area contributed by atoms with Gasteiger partial charge < -0.3 is 11.1 Å². The third kappa shape index (κ3) is 3.99. The van der Waals surface area contributed by atoms with Crippen LogP contribution >= 0.6 is 0 Å². The molecule has 0 radical (unpaired) electrons. The smallest absolute Gasteiger partial charge is 0.0359 e. The Bertz CT molecular complexity index is 431. The number of rotatable bonds is 6. The van der Waals surface area contributed by atoms with Crippen LogP contribution in [-0.2, 0) is 6.54 Å². The SMILES string of the molecule is Cc1ccc(N)c(CNCC2(CC(C)C)CCCC2)c1. The van der Waals surface area contributed by atoms with Crippen LogP contribution in [0.1, 0.15) is 57.1 Å². The number of benzene rings is 1. The van der Waals surface area contributed by atoms with E-state index in [1.54, 1.807) is 0 Å². The third-order valence-electron chi connectivity index (χ3n) is 4.62. The molecule has 112 valence electrons. The molecular formula is C18H30N2. The molecule has 1 aliphatic carbocycles. The van der Waals surface area contributed by atoms with Crippen molar-refractivity contribution in [3.63, 3.8) is 0 Å². The summed E-state index contributed by atoms with van der Waals surface area (Å²) in [5.74, 6) is 0.791.